The molecule has 0 saturated heterocycles. The summed E-state index contributed by atoms with van der Waals surface area (Å²) >= 11 is 1.33. The summed E-state index contributed by atoms with van der Waals surface area (Å²) in [4.78, 5) is 10.1. The molecule has 1 rings (SSSR count). The Labute approximate surface area is 81.5 Å². The van der Waals surface area contributed by atoms with Gasteiger partial charge in [0.15, 0.2) is 0 Å². The van der Waals surface area contributed by atoms with E-state index in [9.17, 15) is 13.3 Å². The molecular formula is C6H4INO3S. The van der Waals surface area contributed by atoms with E-state index in [0.29, 0.717) is 0 Å². The number of nitroso groups, excluding NO2 is 1. The van der Waals surface area contributed by atoms with Gasteiger partial charge in [-0.2, -0.15) is 0 Å². The lowest BCUT2D eigenvalue weighted by Crippen LogP contribution is -1.87. The zero-order valence-corrected chi connectivity index (χ0v) is 8.74. The van der Waals surface area contributed by atoms with Crippen LogP contribution in [0.3, 0.4) is 0 Å². The largest absolute Gasteiger partial charge is 0.231 e. The Bertz CT molecular complexity index is 384. The van der Waals surface area contributed by atoms with Crippen molar-refractivity contribution in [3.63, 3.8) is 0 Å². The summed E-state index contributed by atoms with van der Waals surface area (Å²) in [6, 6.07) is 5.41. The molecule has 0 atom stereocenters. The van der Waals surface area contributed by atoms with E-state index >= 15 is 0 Å². The van der Waals surface area contributed by atoms with Crippen LogP contribution >= 0.6 is 21.2 Å². The first-order valence-corrected chi connectivity index (χ1v) is 6.95. The van der Waals surface area contributed by atoms with Crippen molar-refractivity contribution >= 4 is 33.9 Å². The maximum atomic E-state index is 10.9. The van der Waals surface area contributed by atoms with E-state index in [1.165, 1.54) is 45.5 Å². The second-order valence-electron chi connectivity index (χ2n) is 2.02. The van der Waals surface area contributed by atoms with E-state index in [1.54, 1.807) is 0 Å². The quantitative estimate of drug-likeness (QED) is 0.477. The highest BCUT2D eigenvalue weighted by atomic mass is 127. The molecule has 0 fully saturated rings. The van der Waals surface area contributed by atoms with Gasteiger partial charge in [0.2, 0.25) is 7.01 Å². The molecule has 0 saturated carbocycles. The van der Waals surface area contributed by atoms with Crippen LogP contribution in [-0.4, -0.2) is 8.42 Å². The zero-order valence-electron chi connectivity index (χ0n) is 5.77. The summed E-state index contributed by atoms with van der Waals surface area (Å²) in [7, 11) is -3.20. The van der Waals surface area contributed by atoms with Crippen LogP contribution in [0.25, 0.3) is 0 Å². The molecule has 0 N–H and O–H groups in total. The molecule has 4 nitrogen and oxygen atoms in total. The van der Waals surface area contributed by atoms with Crippen LogP contribution < -0.4 is 0 Å². The fourth-order valence-corrected chi connectivity index (χ4v) is 2.01. The topological polar surface area (TPSA) is 63.6 Å². The van der Waals surface area contributed by atoms with Crippen LogP contribution in [0.2, 0.25) is 0 Å². The molecule has 64 valence electrons. The number of hydrogen-bond acceptors (Lipinski definition) is 4. The van der Waals surface area contributed by atoms with Crippen molar-refractivity contribution in [1.29, 1.82) is 0 Å². The van der Waals surface area contributed by atoms with Gasteiger partial charge in [-0.15, -0.1) is 4.91 Å². The first kappa shape index (κ1) is 9.59. The summed E-state index contributed by atoms with van der Waals surface area (Å²) in [5.74, 6) is 0. The summed E-state index contributed by atoms with van der Waals surface area (Å²) < 4.78 is 21.8. The fourth-order valence-electron chi connectivity index (χ4n) is 0.670. The van der Waals surface area contributed by atoms with E-state index < -0.39 is 7.01 Å². The van der Waals surface area contributed by atoms with Crippen LogP contribution in [-0.2, 0) is 7.01 Å². The molecule has 0 heterocycles. The van der Waals surface area contributed by atoms with Gasteiger partial charge in [-0.1, -0.05) is 0 Å². The minimum atomic E-state index is -3.20. The number of benzene rings is 1. The van der Waals surface area contributed by atoms with Gasteiger partial charge in [0, 0.05) is 0 Å². The van der Waals surface area contributed by atoms with Gasteiger partial charge < -0.3 is 0 Å². The predicted octanol–water partition coefficient (Wildman–Crippen LogP) is 2.21. The van der Waals surface area contributed by atoms with Crippen LogP contribution in [0.15, 0.2) is 34.3 Å². The summed E-state index contributed by atoms with van der Waals surface area (Å²) in [5.41, 5.74) is 0.221. The maximum absolute atomic E-state index is 10.9. The molecule has 0 aliphatic rings. The van der Waals surface area contributed by atoms with E-state index in [0.717, 1.165) is 0 Å². The molecule has 12 heavy (non-hydrogen) atoms. The molecule has 6 heteroatoms. The molecule has 0 amide bonds. The van der Waals surface area contributed by atoms with Crippen molar-refractivity contribution in [2.45, 2.75) is 4.90 Å². The molecule has 0 aliphatic carbocycles. The van der Waals surface area contributed by atoms with Gasteiger partial charge in [0.05, 0.1) is 26.1 Å². The van der Waals surface area contributed by atoms with Crippen LogP contribution in [0, 0.1) is 4.91 Å². The van der Waals surface area contributed by atoms with Crippen molar-refractivity contribution in [3.8, 4) is 0 Å². The number of halogens is 1. The normalized spacial score (nSPS) is 11.1. The number of rotatable bonds is 2. The first-order valence-electron chi connectivity index (χ1n) is 2.92. The Morgan fingerprint density at radius 2 is 1.67 bits per heavy atom. The Hall–Kier alpha value is -0.500. The van der Waals surface area contributed by atoms with Crippen LogP contribution in [0.1, 0.15) is 0 Å². The molecule has 0 spiro atoms. The monoisotopic (exact) mass is 297 g/mol. The summed E-state index contributed by atoms with van der Waals surface area (Å²) in [6.45, 7) is 0. The average Bonchev–Trinajstić information content (AvgIpc) is 2.03. The Kier molecular flexibility index (Phi) is 2.78. The molecular weight excluding hydrogens is 293 g/mol. The lowest BCUT2D eigenvalue weighted by atomic mass is 10.3. The molecule has 0 unspecified atom stereocenters. The Morgan fingerprint density at radius 1 is 1.17 bits per heavy atom. The first-order chi connectivity index (χ1) is 5.54. The summed E-state index contributed by atoms with van der Waals surface area (Å²) in [6.07, 6.45) is 0. The Morgan fingerprint density at radius 3 is 2.00 bits per heavy atom. The van der Waals surface area contributed by atoms with Crippen molar-refractivity contribution in [2.75, 3.05) is 0 Å². The van der Waals surface area contributed by atoms with Gasteiger partial charge in [0.25, 0.3) is 0 Å². The predicted molar refractivity (Wildman–Crippen MR) is 53.1 cm³/mol. The zero-order chi connectivity index (χ0) is 9.19. The fraction of sp³-hybridized carbons (Fsp3) is 0. The SMILES string of the molecule is O=Nc1ccc(S(=O)(=O)I)cc1. The molecule has 1 aromatic carbocycles. The lowest BCUT2D eigenvalue weighted by molar-refractivity contribution is 0.612. The minimum Gasteiger partial charge on any atom is -0.213 e. The second-order valence-corrected chi connectivity index (χ2v) is 6.85. The summed E-state index contributed by atoms with van der Waals surface area (Å²) in [5, 5.41) is 2.65. The molecule has 0 aromatic heterocycles. The molecule has 0 radical (unpaired) electrons. The second kappa shape index (κ2) is 3.48. The Balaban J connectivity index is 3.17. The highest BCUT2D eigenvalue weighted by molar-refractivity contribution is 14.2. The van der Waals surface area contributed by atoms with Gasteiger partial charge >= 0.3 is 0 Å². The average molecular weight is 297 g/mol. The third-order valence-electron chi connectivity index (χ3n) is 1.22. The molecule has 0 bridgehead atoms. The van der Waals surface area contributed by atoms with Crippen molar-refractivity contribution in [2.24, 2.45) is 5.18 Å². The van der Waals surface area contributed by atoms with Crippen molar-refractivity contribution < 1.29 is 8.42 Å². The number of hydrogen-bond donors (Lipinski definition) is 0. The van der Waals surface area contributed by atoms with E-state index in [4.69, 9.17) is 0 Å². The smallest absolute Gasteiger partial charge is 0.213 e. The number of nitrogens with zero attached hydrogens (tertiary/aromatic N) is 1. The van der Waals surface area contributed by atoms with Gasteiger partial charge in [-0.25, -0.2) is 8.42 Å². The molecule has 1 aromatic rings. The van der Waals surface area contributed by atoms with Gasteiger partial charge in [0.1, 0.15) is 5.69 Å². The molecule has 0 aliphatic heterocycles. The highest BCUT2D eigenvalue weighted by Crippen LogP contribution is 2.20. The van der Waals surface area contributed by atoms with Crippen molar-refractivity contribution in [1.82, 2.24) is 0 Å². The van der Waals surface area contributed by atoms with Gasteiger partial charge in [-0.3, -0.25) is 0 Å². The van der Waals surface area contributed by atoms with E-state index in [-0.39, 0.29) is 10.6 Å². The standard InChI is InChI=1S/C6H4INO3S/c7-12(10,11)6-3-1-5(8-9)2-4-6/h1-4H. The third-order valence-corrected chi connectivity index (χ3v) is 3.58. The van der Waals surface area contributed by atoms with Crippen LogP contribution in [0.5, 0.6) is 0 Å². The van der Waals surface area contributed by atoms with Gasteiger partial charge in [-0.05, 0) is 29.4 Å². The lowest BCUT2D eigenvalue weighted by Gasteiger charge is -1.94. The highest BCUT2D eigenvalue weighted by Gasteiger charge is 2.07. The van der Waals surface area contributed by atoms with E-state index in [2.05, 4.69) is 5.18 Å². The minimum absolute atomic E-state index is 0.176. The van der Waals surface area contributed by atoms with E-state index in [1.807, 2.05) is 0 Å². The maximum Gasteiger partial charge on any atom is 0.231 e. The van der Waals surface area contributed by atoms with Crippen LogP contribution in [0.4, 0.5) is 5.69 Å². The van der Waals surface area contributed by atoms with Crippen molar-refractivity contribution in [3.05, 3.63) is 29.2 Å². The third kappa shape index (κ3) is 2.24.